The maximum atomic E-state index is 12.3. The molecule has 2 fully saturated rings. The first-order valence-corrected chi connectivity index (χ1v) is 7.71. The maximum Gasteiger partial charge on any atom is 0.317 e. The van der Waals surface area contributed by atoms with E-state index in [9.17, 15) is 14.7 Å². The van der Waals surface area contributed by atoms with Gasteiger partial charge in [-0.1, -0.05) is 6.92 Å². The summed E-state index contributed by atoms with van der Waals surface area (Å²) in [4.78, 5) is 25.4. The van der Waals surface area contributed by atoms with E-state index in [0.29, 0.717) is 32.5 Å². The van der Waals surface area contributed by atoms with Gasteiger partial charge in [0.15, 0.2) is 0 Å². The second-order valence-electron chi connectivity index (χ2n) is 6.86. The molecule has 2 aliphatic heterocycles. The lowest BCUT2D eigenvalue weighted by atomic mass is 9.84. The van der Waals surface area contributed by atoms with Crippen LogP contribution < -0.4 is 5.32 Å². The molecule has 0 bridgehead atoms. The SMILES string of the molecule is CCC1(C(=O)O)CCN(C(=O)NC2CCOC(C)(C)C2)C1. The molecule has 2 heterocycles. The lowest BCUT2D eigenvalue weighted by Crippen LogP contribution is -2.50. The van der Waals surface area contributed by atoms with Crippen molar-refractivity contribution in [3.63, 3.8) is 0 Å². The van der Waals surface area contributed by atoms with Gasteiger partial charge in [0.2, 0.25) is 0 Å². The van der Waals surface area contributed by atoms with Crippen molar-refractivity contribution in [1.82, 2.24) is 10.2 Å². The van der Waals surface area contributed by atoms with E-state index >= 15 is 0 Å². The zero-order valence-electron chi connectivity index (χ0n) is 13.1. The summed E-state index contributed by atoms with van der Waals surface area (Å²) in [5.41, 5.74) is -0.984. The first kappa shape index (κ1) is 16.1. The van der Waals surface area contributed by atoms with E-state index < -0.39 is 11.4 Å². The standard InChI is InChI=1S/C15H26N2O4/c1-4-15(12(18)19)6-7-17(10-15)13(20)16-11-5-8-21-14(2,3)9-11/h11H,4-10H2,1-3H3,(H,16,20)(H,18,19). The monoisotopic (exact) mass is 298 g/mol. The molecule has 0 aromatic rings. The molecular weight excluding hydrogens is 272 g/mol. The van der Waals surface area contributed by atoms with Crippen molar-refractivity contribution >= 4 is 12.0 Å². The molecule has 0 radical (unpaired) electrons. The van der Waals surface area contributed by atoms with E-state index in [0.717, 1.165) is 12.8 Å². The predicted molar refractivity (Wildman–Crippen MR) is 78.1 cm³/mol. The number of amides is 2. The summed E-state index contributed by atoms with van der Waals surface area (Å²) in [7, 11) is 0. The number of carbonyl (C=O) groups is 2. The maximum absolute atomic E-state index is 12.3. The Balaban J connectivity index is 1.92. The number of carbonyl (C=O) groups excluding carboxylic acids is 1. The van der Waals surface area contributed by atoms with Crippen LogP contribution in [0.25, 0.3) is 0 Å². The fourth-order valence-corrected chi connectivity index (χ4v) is 3.28. The molecular formula is C15H26N2O4. The Morgan fingerprint density at radius 1 is 1.43 bits per heavy atom. The molecule has 6 heteroatoms. The zero-order chi connectivity index (χ0) is 15.7. The summed E-state index contributed by atoms with van der Waals surface area (Å²) in [5.74, 6) is -0.799. The second-order valence-corrected chi connectivity index (χ2v) is 6.86. The fourth-order valence-electron chi connectivity index (χ4n) is 3.28. The first-order valence-electron chi connectivity index (χ1n) is 7.71. The highest BCUT2D eigenvalue weighted by atomic mass is 16.5. The van der Waals surface area contributed by atoms with Gasteiger partial charge in [-0.05, 0) is 39.5 Å². The van der Waals surface area contributed by atoms with Crippen molar-refractivity contribution in [2.45, 2.75) is 58.1 Å². The minimum atomic E-state index is -0.799. The Kier molecular flexibility index (Phi) is 4.46. The third-order valence-electron chi connectivity index (χ3n) is 4.80. The van der Waals surface area contributed by atoms with Crippen LogP contribution in [0.2, 0.25) is 0 Å². The number of likely N-dealkylation sites (tertiary alicyclic amines) is 1. The lowest BCUT2D eigenvalue weighted by molar-refractivity contribution is -0.148. The van der Waals surface area contributed by atoms with Crippen molar-refractivity contribution in [3.8, 4) is 0 Å². The number of aliphatic carboxylic acids is 1. The Bertz CT molecular complexity index is 424. The molecule has 0 aromatic heterocycles. The predicted octanol–water partition coefficient (Wildman–Crippen LogP) is 1.84. The van der Waals surface area contributed by atoms with Crippen LogP contribution in [-0.4, -0.2) is 53.3 Å². The van der Waals surface area contributed by atoms with Gasteiger partial charge in [0.05, 0.1) is 11.0 Å². The topological polar surface area (TPSA) is 78.9 Å². The largest absolute Gasteiger partial charge is 0.481 e. The lowest BCUT2D eigenvalue weighted by Gasteiger charge is -2.36. The number of rotatable bonds is 3. The van der Waals surface area contributed by atoms with E-state index in [4.69, 9.17) is 4.74 Å². The molecule has 0 spiro atoms. The molecule has 6 nitrogen and oxygen atoms in total. The highest BCUT2D eigenvalue weighted by Crippen LogP contribution is 2.34. The van der Waals surface area contributed by atoms with Crippen molar-refractivity contribution in [3.05, 3.63) is 0 Å². The molecule has 120 valence electrons. The van der Waals surface area contributed by atoms with Gasteiger partial charge in [-0.3, -0.25) is 4.79 Å². The summed E-state index contributed by atoms with van der Waals surface area (Å²) >= 11 is 0. The molecule has 0 aromatic carbocycles. The summed E-state index contributed by atoms with van der Waals surface area (Å²) in [6, 6.07) is -0.0445. The molecule has 2 aliphatic rings. The van der Waals surface area contributed by atoms with Gasteiger partial charge < -0.3 is 20.1 Å². The van der Waals surface area contributed by atoms with Gasteiger partial charge in [-0.25, -0.2) is 4.79 Å². The first-order chi connectivity index (χ1) is 9.78. The molecule has 2 amide bonds. The third kappa shape index (κ3) is 3.48. The van der Waals surface area contributed by atoms with Crippen LogP contribution in [-0.2, 0) is 9.53 Å². The van der Waals surface area contributed by atoms with Crippen molar-refractivity contribution in [1.29, 1.82) is 0 Å². The molecule has 2 unspecified atom stereocenters. The van der Waals surface area contributed by atoms with E-state index in [1.165, 1.54) is 0 Å². The van der Waals surface area contributed by atoms with E-state index in [1.54, 1.807) is 4.90 Å². The van der Waals surface area contributed by atoms with Crippen LogP contribution >= 0.6 is 0 Å². The van der Waals surface area contributed by atoms with Crippen molar-refractivity contribution in [2.75, 3.05) is 19.7 Å². The van der Waals surface area contributed by atoms with Crippen LogP contribution in [0.3, 0.4) is 0 Å². The third-order valence-corrected chi connectivity index (χ3v) is 4.80. The Hall–Kier alpha value is -1.30. The Morgan fingerprint density at radius 3 is 2.67 bits per heavy atom. The van der Waals surface area contributed by atoms with Crippen LogP contribution in [0, 0.1) is 5.41 Å². The van der Waals surface area contributed by atoms with E-state index in [2.05, 4.69) is 5.32 Å². The van der Waals surface area contributed by atoms with Crippen LogP contribution in [0.1, 0.15) is 46.5 Å². The Morgan fingerprint density at radius 2 is 2.14 bits per heavy atom. The van der Waals surface area contributed by atoms with Gasteiger partial charge in [0.1, 0.15) is 0 Å². The fraction of sp³-hybridized carbons (Fsp3) is 0.867. The summed E-state index contributed by atoms with van der Waals surface area (Å²) in [5, 5.41) is 12.4. The quantitative estimate of drug-likeness (QED) is 0.833. The second kappa shape index (κ2) is 5.83. The van der Waals surface area contributed by atoms with Gasteiger partial charge in [-0.15, -0.1) is 0 Å². The normalized spacial score (nSPS) is 32.0. The highest BCUT2D eigenvalue weighted by Gasteiger charge is 2.45. The van der Waals surface area contributed by atoms with Gasteiger partial charge in [-0.2, -0.15) is 0 Å². The summed E-state index contributed by atoms with van der Waals surface area (Å²) in [6.07, 6.45) is 2.67. The number of hydrogen-bond donors (Lipinski definition) is 2. The van der Waals surface area contributed by atoms with Crippen LogP contribution in [0.5, 0.6) is 0 Å². The van der Waals surface area contributed by atoms with E-state index in [1.807, 2.05) is 20.8 Å². The molecule has 21 heavy (non-hydrogen) atoms. The van der Waals surface area contributed by atoms with Gasteiger partial charge in [0.25, 0.3) is 0 Å². The molecule has 2 atom stereocenters. The average molecular weight is 298 g/mol. The van der Waals surface area contributed by atoms with Gasteiger partial charge in [0, 0.05) is 25.7 Å². The number of nitrogens with zero attached hydrogens (tertiary/aromatic N) is 1. The molecule has 2 saturated heterocycles. The summed E-state index contributed by atoms with van der Waals surface area (Å²) < 4.78 is 5.64. The van der Waals surface area contributed by atoms with Crippen molar-refractivity contribution in [2.24, 2.45) is 5.41 Å². The summed E-state index contributed by atoms with van der Waals surface area (Å²) in [6.45, 7) is 7.37. The van der Waals surface area contributed by atoms with Crippen LogP contribution in [0.15, 0.2) is 0 Å². The van der Waals surface area contributed by atoms with Crippen LogP contribution in [0.4, 0.5) is 4.79 Å². The number of nitrogens with one attached hydrogen (secondary N) is 1. The van der Waals surface area contributed by atoms with Crippen molar-refractivity contribution < 1.29 is 19.4 Å². The average Bonchev–Trinajstić information content (AvgIpc) is 2.83. The molecule has 2 rings (SSSR count). The molecule has 0 aliphatic carbocycles. The highest BCUT2D eigenvalue weighted by molar-refractivity contribution is 5.79. The molecule has 2 N–H and O–H groups in total. The van der Waals surface area contributed by atoms with E-state index in [-0.39, 0.29) is 17.7 Å². The minimum Gasteiger partial charge on any atom is -0.481 e. The number of carboxylic acids is 1. The number of carboxylic acid groups (broad SMARTS) is 1. The number of hydrogen-bond acceptors (Lipinski definition) is 3. The number of urea groups is 1. The Labute approximate surface area is 125 Å². The molecule has 0 saturated carbocycles. The number of ether oxygens (including phenoxy) is 1. The zero-order valence-corrected chi connectivity index (χ0v) is 13.1. The van der Waals surface area contributed by atoms with Gasteiger partial charge >= 0.3 is 12.0 Å². The smallest absolute Gasteiger partial charge is 0.317 e. The minimum absolute atomic E-state index is 0.0997.